The van der Waals surface area contributed by atoms with Crippen molar-refractivity contribution in [2.75, 3.05) is 0 Å². The number of hydrogen-bond acceptors (Lipinski definition) is 4. The van der Waals surface area contributed by atoms with Crippen molar-refractivity contribution in [1.82, 2.24) is 0 Å². The molecule has 0 radical (unpaired) electrons. The van der Waals surface area contributed by atoms with E-state index in [4.69, 9.17) is 0 Å². The number of allylic oxidation sites excluding steroid dienone is 8. The maximum atomic E-state index is 11.9. The summed E-state index contributed by atoms with van der Waals surface area (Å²) in [7, 11) is 0. The summed E-state index contributed by atoms with van der Waals surface area (Å²) in [5, 5.41) is 0. The molecule has 56 heavy (non-hydrogen) atoms. The highest BCUT2D eigenvalue weighted by Gasteiger charge is 2.43. The standard InChI is InChI=1S/4C13H22O/c4*1-5-7-11(14)12-10(2)8-6-9-13(12,3)4/h4*5,7,10,12H,6,8-9H2,1-4H3/b2*7-5+;2*7-5-/t10-,12+;10-,12-;10-,12+;10-,12-/m1111/s1. The van der Waals surface area contributed by atoms with E-state index in [9.17, 15) is 19.2 Å². The molecular weight excluding hydrogens is 689 g/mol. The Kier molecular flexibility index (Phi) is 21.5. The van der Waals surface area contributed by atoms with Crippen molar-refractivity contribution >= 4 is 23.1 Å². The van der Waals surface area contributed by atoms with Crippen molar-refractivity contribution in [2.24, 2.45) is 69.0 Å². The summed E-state index contributed by atoms with van der Waals surface area (Å²) in [4.78, 5) is 47.7. The first-order valence-electron chi connectivity index (χ1n) is 22.6. The van der Waals surface area contributed by atoms with E-state index in [2.05, 4.69) is 83.1 Å². The van der Waals surface area contributed by atoms with Crippen LogP contribution >= 0.6 is 0 Å². The first-order chi connectivity index (χ1) is 25.9. The number of carbonyl (C=O) groups excluding carboxylic acids is 4. The molecular formula is C52H88O4. The van der Waals surface area contributed by atoms with Crippen molar-refractivity contribution in [3.8, 4) is 0 Å². The van der Waals surface area contributed by atoms with Gasteiger partial charge in [-0.25, -0.2) is 0 Å². The van der Waals surface area contributed by atoms with Gasteiger partial charge in [0.05, 0.1) is 0 Å². The van der Waals surface area contributed by atoms with E-state index in [1.165, 1.54) is 77.0 Å². The number of hydrogen-bond donors (Lipinski definition) is 0. The lowest BCUT2D eigenvalue weighted by molar-refractivity contribution is -0.126. The highest BCUT2D eigenvalue weighted by Crippen LogP contribution is 2.47. The van der Waals surface area contributed by atoms with Gasteiger partial charge in [0.15, 0.2) is 23.1 Å². The molecule has 0 heterocycles. The molecule has 0 aliphatic heterocycles. The minimum Gasteiger partial charge on any atom is -0.295 e. The molecule has 0 aromatic rings. The fourth-order valence-corrected chi connectivity index (χ4v) is 11.6. The second-order valence-electron chi connectivity index (χ2n) is 21.0. The minimum atomic E-state index is 0.189. The van der Waals surface area contributed by atoms with Crippen molar-refractivity contribution in [3.63, 3.8) is 0 Å². The van der Waals surface area contributed by atoms with Crippen molar-refractivity contribution in [1.29, 1.82) is 0 Å². The van der Waals surface area contributed by atoms with E-state index in [0.29, 0.717) is 46.8 Å². The summed E-state index contributed by atoms with van der Waals surface area (Å²) in [5.74, 6) is 4.39. The van der Waals surface area contributed by atoms with E-state index in [1.54, 1.807) is 24.3 Å². The predicted molar refractivity (Wildman–Crippen MR) is 240 cm³/mol. The van der Waals surface area contributed by atoms with Gasteiger partial charge in [-0.3, -0.25) is 19.2 Å². The fraction of sp³-hybridized carbons (Fsp3) is 0.769. The third-order valence-corrected chi connectivity index (χ3v) is 14.1. The molecule has 0 N–H and O–H groups in total. The Bertz CT molecular complexity index is 1160. The second kappa shape index (κ2) is 23.3. The van der Waals surface area contributed by atoms with Gasteiger partial charge in [0.1, 0.15) is 0 Å². The molecule has 0 spiro atoms. The van der Waals surface area contributed by atoms with Gasteiger partial charge in [0.2, 0.25) is 0 Å². The van der Waals surface area contributed by atoms with Crippen LogP contribution in [-0.2, 0) is 19.2 Å². The molecule has 4 saturated carbocycles. The zero-order chi connectivity index (χ0) is 43.1. The van der Waals surface area contributed by atoms with Gasteiger partial charge in [0, 0.05) is 23.7 Å². The molecule has 4 rings (SSSR count). The molecule has 320 valence electrons. The van der Waals surface area contributed by atoms with Crippen LogP contribution in [0, 0.1) is 69.0 Å². The Labute approximate surface area is 346 Å². The molecule has 4 aliphatic carbocycles. The lowest BCUT2D eigenvalue weighted by Gasteiger charge is -2.41. The zero-order valence-corrected chi connectivity index (χ0v) is 39.4. The summed E-state index contributed by atoms with van der Waals surface area (Å²) in [6.07, 6.45) is 29.1. The van der Waals surface area contributed by atoms with Crippen molar-refractivity contribution in [3.05, 3.63) is 48.6 Å². The molecule has 0 unspecified atom stereocenters. The highest BCUT2D eigenvalue weighted by molar-refractivity contribution is 5.94. The molecule has 0 aromatic carbocycles. The summed E-state index contributed by atoms with van der Waals surface area (Å²) < 4.78 is 0. The quantitative estimate of drug-likeness (QED) is 0.230. The van der Waals surface area contributed by atoms with Crippen molar-refractivity contribution < 1.29 is 19.2 Å². The Hall–Kier alpha value is -2.36. The molecule has 4 nitrogen and oxygen atoms in total. The van der Waals surface area contributed by atoms with Gasteiger partial charge in [-0.05, 0) is 149 Å². The maximum Gasteiger partial charge on any atom is 0.159 e. The lowest BCUT2D eigenvalue weighted by Crippen LogP contribution is -2.38. The van der Waals surface area contributed by atoms with Crippen LogP contribution in [0.1, 0.15) is 188 Å². The molecule has 8 atom stereocenters. The molecule has 4 heteroatoms. The third kappa shape index (κ3) is 15.1. The molecule has 0 amide bonds. The average molecular weight is 777 g/mol. The second-order valence-corrected chi connectivity index (χ2v) is 21.0. The first kappa shape index (κ1) is 51.7. The van der Waals surface area contributed by atoms with Crippen molar-refractivity contribution in [2.45, 2.75) is 188 Å². The van der Waals surface area contributed by atoms with Gasteiger partial charge in [-0.15, -0.1) is 0 Å². The predicted octanol–water partition coefficient (Wildman–Crippen LogP) is 14.4. The van der Waals surface area contributed by atoms with Crippen LogP contribution in [0.25, 0.3) is 0 Å². The summed E-state index contributed by atoms with van der Waals surface area (Å²) >= 11 is 0. The minimum absolute atomic E-state index is 0.189. The molecule has 4 aliphatic rings. The van der Waals surface area contributed by atoms with E-state index in [-0.39, 0.29) is 45.3 Å². The molecule has 4 fully saturated rings. The van der Waals surface area contributed by atoms with Gasteiger partial charge in [0.25, 0.3) is 0 Å². The maximum absolute atomic E-state index is 11.9. The van der Waals surface area contributed by atoms with Gasteiger partial charge < -0.3 is 0 Å². The molecule has 0 saturated heterocycles. The van der Waals surface area contributed by atoms with Crippen LogP contribution in [0.2, 0.25) is 0 Å². The average Bonchev–Trinajstić information content (AvgIpc) is 3.04. The van der Waals surface area contributed by atoms with E-state index in [0.717, 1.165) is 0 Å². The monoisotopic (exact) mass is 777 g/mol. The van der Waals surface area contributed by atoms with E-state index >= 15 is 0 Å². The van der Waals surface area contributed by atoms with Crippen LogP contribution in [0.15, 0.2) is 48.6 Å². The van der Waals surface area contributed by atoms with Crippen LogP contribution in [-0.4, -0.2) is 23.1 Å². The highest BCUT2D eigenvalue weighted by atomic mass is 16.1. The Morgan fingerprint density at radius 3 is 0.643 bits per heavy atom. The SMILES string of the molecule is C/C=C/C(=O)[C@@H]1[C@H](C)CCCC1(C)C.C/C=C/C(=O)[C@H]1[C@H](C)CCCC1(C)C.C/C=C\C(=O)[C@@H]1[C@H](C)CCCC1(C)C.C/C=C\C(=O)[C@H]1[C@H](C)CCCC1(C)C. The normalized spacial score (nSPS) is 32.0. The number of rotatable bonds is 8. The Morgan fingerprint density at radius 1 is 0.357 bits per heavy atom. The molecule has 0 aromatic heterocycles. The first-order valence-corrected chi connectivity index (χ1v) is 22.6. The smallest absolute Gasteiger partial charge is 0.159 e. The van der Waals surface area contributed by atoms with Gasteiger partial charge >= 0.3 is 0 Å². The summed E-state index contributed by atoms with van der Waals surface area (Å²) in [6.45, 7) is 34.4. The van der Waals surface area contributed by atoms with E-state index < -0.39 is 0 Å². The Morgan fingerprint density at radius 2 is 0.518 bits per heavy atom. The topological polar surface area (TPSA) is 68.3 Å². The number of ketones is 4. The Balaban J connectivity index is 0.000000373. The van der Waals surface area contributed by atoms with Crippen LogP contribution in [0.3, 0.4) is 0 Å². The zero-order valence-electron chi connectivity index (χ0n) is 39.4. The van der Waals surface area contributed by atoms with Gasteiger partial charge in [-0.1, -0.05) is 133 Å². The van der Waals surface area contributed by atoms with Gasteiger partial charge in [-0.2, -0.15) is 0 Å². The van der Waals surface area contributed by atoms with Crippen LogP contribution in [0.4, 0.5) is 0 Å². The molecule has 0 bridgehead atoms. The largest absolute Gasteiger partial charge is 0.295 e. The summed E-state index contributed by atoms with van der Waals surface area (Å²) in [5.41, 5.74) is 0.755. The summed E-state index contributed by atoms with van der Waals surface area (Å²) in [6, 6.07) is 0. The van der Waals surface area contributed by atoms with Crippen LogP contribution < -0.4 is 0 Å². The van der Waals surface area contributed by atoms with E-state index in [1.807, 2.05) is 52.0 Å². The third-order valence-electron chi connectivity index (χ3n) is 14.1. The number of carbonyl (C=O) groups is 4. The van der Waals surface area contributed by atoms with Crippen LogP contribution in [0.5, 0.6) is 0 Å². The fourth-order valence-electron chi connectivity index (χ4n) is 11.6. The lowest BCUT2D eigenvalue weighted by atomic mass is 9.62.